The van der Waals surface area contributed by atoms with Gasteiger partial charge in [0.25, 0.3) is 0 Å². The van der Waals surface area contributed by atoms with Crippen LogP contribution in [0.2, 0.25) is 0 Å². The van der Waals surface area contributed by atoms with Crippen molar-refractivity contribution in [3.8, 4) is 0 Å². The van der Waals surface area contributed by atoms with Crippen LogP contribution >= 0.6 is 7.82 Å². The number of hydrogen-bond acceptors (Lipinski definition) is 6. The van der Waals surface area contributed by atoms with Crippen molar-refractivity contribution in [1.29, 1.82) is 0 Å². The number of esters is 2. The zero-order valence-corrected chi connectivity index (χ0v) is 29.9. The second-order valence-electron chi connectivity index (χ2n) is 12.6. The first-order valence-corrected chi connectivity index (χ1v) is 20.0. The van der Waals surface area contributed by atoms with Crippen molar-refractivity contribution in [2.75, 3.05) is 13.2 Å². The number of carbonyl (C=O) groups excluding carboxylic acids is 2. The highest BCUT2D eigenvalue weighted by Crippen LogP contribution is 2.36. The molecule has 2 N–H and O–H groups in total. The molecule has 9 heteroatoms. The molecule has 0 heterocycles. The largest absolute Gasteiger partial charge is 0.469 e. The fourth-order valence-electron chi connectivity index (χ4n) is 5.25. The van der Waals surface area contributed by atoms with Gasteiger partial charge in [0.1, 0.15) is 6.61 Å². The minimum Gasteiger partial charge on any atom is -0.462 e. The molecule has 0 radical (unpaired) electrons. The Hall–Kier alpha value is -1.21. The number of phosphoric acid groups is 1. The van der Waals surface area contributed by atoms with E-state index in [0.29, 0.717) is 6.42 Å². The number of rotatable bonds is 34. The Morgan fingerprint density at radius 1 is 0.556 bits per heavy atom. The van der Waals surface area contributed by atoms with Gasteiger partial charge in [-0.25, -0.2) is 4.57 Å². The lowest BCUT2D eigenvalue weighted by atomic mass is 10.0. The van der Waals surface area contributed by atoms with Gasteiger partial charge in [0.15, 0.2) is 6.10 Å². The quantitative estimate of drug-likeness (QED) is 0.0303. The average molecular weight is 661 g/mol. The molecule has 0 saturated heterocycles. The standard InChI is InChI=1S/C36H69O8P/c1-3-5-7-9-11-13-15-17-18-19-21-22-24-26-28-30-35(37)42-32-34(33-43-45(39,40)41)44-36(38)31-29-27-25-23-20-16-14-12-10-8-6-4-2/h12,14,34H,3-11,13,15-33H2,1-2H3,(H2,39,40,41)/b14-12-. The number of phosphoric ester groups is 1. The Morgan fingerprint density at radius 3 is 1.40 bits per heavy atom. The summed E-state index contributed by atoms with van der Waals surface area (Å²) in [6, 6.07) is 0. The molecule has 266 valence electrons. The van der Waals surface area contributed by atoms with Crippen molar-refractivity contribution < 1.29 is 37.9 Å². The summed E-state index contributed by atoms with van der Waals surface area (Å²) in [4.78, 5) is 42.6. The minimum absolute atomic E-state index is 0.205. The lowest BCUT2D eigenvalue weighted by Crippen LogP contribution is -2.29. The van der Waals surface area contributed by atoms with E-state index < -0.39 is 32.5 Å². The van der Waals surface area contributed by atoms with Crippen molar-refractivity contribution in [3.05, 3.63) is 12.2 Å². The summed E-state index contributed by atoms with van der Waals surface area (Å²) in [5.74, 6) is -0.888. The van der Waals surface area contributed by atoms with E-state index >= 15 is 0 Å². The first-order valence-electron chi connectivity index (χ1n) is 18.5. The summed E-state index contributed by atoms with van der Waals surface area (Å²) >= 11 is 0. The zero-order valence-electron chi connectivity index (χ0n) is 29.0. The molecule has 0 aliphatic rings. The fraction of sp³-hybridized carbons (Fsp3) is 0.889. The lowest BCUT2D eigenvalue weighted by molar-refractivity contribution is -0.161. The van der Waals surface area contributed by atoms with Crippen LogP contribution in [0.15, 0.2) is 12.2 Å². The first kappa shape index (κ1) is 43.8. The predicted octanol–water partition coefficient (Wildman–Crippen LogP) is 10.7. The van der Waals surface area contributed by atoms with Gasteiger partial charge in [0.2, 0.25) is 0 Å². The average Bonchev–Trinajstić information content (AvgIpc) is 3.00. The van der Waals surface area contributed by atoms with Gasteiger partial charge in [-0.3, -0.25) is 14.1 Å². The van der Waals surface area contributed by atoms with Crippen molar-refractivity contribution in [2.24, 2.45) is 0 Å². The Bertz CT molecular complexity index is 751. The van der Waals surface area contributed by atoms with Gasteiger partial charge in [-0.1, -0.05) is 148 Å². The van der Waals surface area contributed by atoms with E-state index in [2.05, 4.69) is 30.5 Å². The number of allylic oxidation sites excluding steroid dienone is 2. The van der Waals surface area contributed by atoms with Crippen LogP contribution in [0.25, 0.3) is 0 Å². The molecular formula is C36H69O8P. The van der Waals surface area contributed by atoms with E-state index in [1.54, 1.807) is 0 Å². The smallest absolute Gasteiger partial charge is 0.462 e. The molecule has 0 amide bonds. The second kappa shape index (κ2) is 32.7. The van der Waals surface area contributed by atoms with Crippen LogP contribution in [-0.4, -0.2) is 41.0 Å². The molecule has 0 aromatic rings. The summed E-state index contributed by atoms with van der Waals surface area (Å²) < 4.78 is 26.3. The molecule has 0 aliphatic carbocycles. The monoisotopic (exact) mass is 660 g/mol. The van der Waals surface area contributed by atoms with E-state index in [1.165, 1.54) is 96.3 Å². The van der Waals surface area contributed by atoms with Gasteiger partial charge < -0.3 is 19.3 Å². The van der Waals surface area contributed by atoms with Crippen LogP contribution in [0.3, 0.4) is 0 Å². The van der Waals surface area contributed by atoms with E-state index in [1.807, 2.05) is 0 Å². The van der Waals surface area contributed by atoms with Gasteiger partial charge in [0.05, 0.1) is 6.61 Å². The zero-order chi connectivity index (χ0) is 33.3. The second-order valence-corrected chi connectivity index (χ2v) is 13.8. The molecule has 0 aromatic heterocycles. The van der Waals surface area contributed by atoms with Crippen LogP contribution in [0.4, 0.5) is 0 Å². The molecular weight excluding hydrogens is 591 g/mol. The van der Waals surface area contributed by atoms with Gasteiger partial charge in [-0.15, -0.1) is 0 Å². The topological polar surface area (TPSA) is 119 Å². The van der Waals surface area contributed by atoms with Crippen LogP contribution in [-0.2, 0) is 28.2 Å². The summed E-state index contributed by atoms with van der Waals surface area (Å²) in [5, 5.41) is 0. The molecule has 0 spiro atoms. The van der Waals surface area contributed by atoms with Gasteiger partial charge in [-0.2, -0.15) is 0 Å². The SMILES string of the molecule is CCCCC/C=C\CCCCCCCC(=O)OC(COC(=O)CCCCCCCCCCCCCCCCC)COP(=O)(O)O. The van der Waals surface area contributed by atoms with E-state index in [0.717, 1.165) is 57.8 Å². The predicted molar refractivity (Wildman–Crippen MR) is 184 cm³/mol. The van der Waals surface area contributed by atoms with Crippen LogP contribution in [0.5, 0.6) is 0 Å². The molecule has 8 nitrogen and oxygen atoms in total. The van der Waals surface area contributed by atoms with E-state index in [4.69, 9.17) is 19.3 Å². The number of ether oxygens (including phenoxy) is 2. The summed E-state index contributed by atoms with van der Waals surface area (Å²) in [6.07, 6.45) is 33.6. The molecule has 1 atom stereocenters. The third-order valence-electron chi connectivity index (χ3n) is 8.03. The molecule has 0 saturated carbocycles. The maximum atomic E-state index is 12.3. The Labute approximate surface area is 276 Å². The Morgan fingerprint density at radius 2 is 0.933 bits per heavy atom. The highest BCUT2D eigenvalue weighted by molar-refractivity contribution is 7.46. The van der Waals surface area contributed by atoms with Gasteiger partial charge in [-0.05, 0) is 38.5 Å². The minimum atomic E-state index is -4.74. The van der Waals surface area contributed by atoms with Crippen molar-refractivity contribution in [3.63, 3.8) is 0 Å². The summed E-state index contributed by atoms with van der Waals surface area (Å²) in [6.45, 7) is 3.65. The Balaban J connectivity index is 3.94. The number of unbranched alkanes of at least 4 members (excludes halogenated alkanes) is 22. The van der Waals surface area contributed by atoms with Crippen LogP contribution < -0.4 is 0 Å². The lowest BCUT2D eigenvalue weighted by Gasteiger charge is -2.18. The third kappa shape index (κ3) is 35.5. The molecule has 1 unspecified atom stereocenters. The number of carbonyl (C=O) groups is 2. The van der Waals surface area contributed by atoms with Gasteiger partial charge in [0, 0.05) is 12.8 Å². The van der Waals surface area contributed by atoms with Crippen molar-refractivity contribution in [2.45, 2.75) is 193 Å². The van der Waals surface area contributed by atoms with Crippen molar-refractivity contribution >= 4 is 19.8 Å². The Kier molecular flexibility index (Phi) is 31.8. The fourth-order valence-corrected chi connectivity index (χ4v) is 5.61. The molecule has 0 aliphatic heterocycles. The maximum absolute atomic E-state index is 12.3. The molecule has 0 aromatic carbocycles. The van der Waals surface area contributed by atoms with Gasteiger partial charge >= 0.3 is 19.8 Å². The van der Waals surface area contributed by atoms with Crippen LogP contribution in [0, 0.1) is 0 Å². The number of hydrogen-bond donors (Lipinski definition) is 2. The summed E-state index contributed by atoms with van der Waals surface area (Å²) in [5.41, 5.74) is 0. The van der Waals surface area contributed by atoms with E-state index in [-0.39, 0.29) is 19.4 Å². The molecule has 0 bridgehead atoms. The third-order valence-corrected chi connectivity index (χ3v) is 8.52. The molecule has 0 rings (SSSR count). The van der Waals surface area contributed by atoms with Crippen molar-refractivity contribution in [1.82, 2.24) is 0 Å². The maximum Gasteiger partial charge on any atom is 0.469 e. The molecule has 45 heavy (non-hydrogen) atoms. The summed E-state index contributed by atoms with van der Waals surface area (Å²) in [7, 11) is -4.74. The highest BCUT2D eigenvalue weighted by atomic mass is 31.2. The highest BCUT2D eigenvalue weighted by Gasteiger charge is 2.22. The van der Waals surface area contributed by atoms with E-state index in [9.17, 15) is 14.2 Å². The molecule has 0 fully saturated rings. The normalized spacial score (nSPS) is 12.5. The first-order chi connectivity index (χ1) is 21.8. The van der Waals surface area contributed by atoms with Crippen LogP contribution in [0.1, 0.15) is 187 Å².